The maximum Gasteiger partial charge on any atom is 0.137 e. The van der Waals surface area contributed by atoms with Gasteiger partial charge in [-0.2, -0.15) is 0 Å². The van der Waals surface area contributed by atoms with Gasteiger partial charge in [-0.05, 0) is 56.0 Å². The molecule has 0 amide bonds. The highest BCUT2D eigenvalue weighted by Crippen LogP contribution is 2.42. The van der Waals surface area contributed by atoms with Gasteiger partial charge in [0.05, 0.1) is 23.4 Å². The molecule has 1 aliphatic heterocycles. The van der Waals surface area contributed by atoms with Crippen LogP contribution in [0.2, 0.25) is 0 Å². The van der Waals surface area contributed by atoms with Gasteiger partial charge in [-0.25, -0.2) is 9.97 Å². The molecule has 2 aliphatic rings. The highest BCUT2D eigenvalue weighted by molar-refractivity contribution is 7.99. The fourth-order valence-electron chi connectivity index (χ4n) is 3.63. The molecule has 1 fully saturated rings. The Balaban J connectivity index is 1.40. The number of anilines is 2. The van der Waals surface area contributed by atoms with Crippen LogP contribution in [0.5, 0.6) is 5.75 Å². The summed E-state index contributed by atoms with van der Waals surface area (Å²) < 4.78 is 6.15. The van der Waals surface area contributed by atoms with Gasteiger partial charge in [0, 0.05) is 30.2 Å². The summed E-state index contributed by atoms with van der Waals surface area (Å²) in [5.74, 6) is 2.63. The summed E-state index contributed by atoms with van der Waals surface area (Å²) in [5, 5.41) is 1.04. The van der Waals surface area contributed by atoms with Crippen LogP contribution in [0.4, 0.5) is 11.5 Å². The van der Waals surface area contributed by atoms with Crippen LogP contribution in [-0.4, -0.2) is 26.9 Å². The third-order valence-corrected chi connectivity index (χ3v) is 6.00. The summed E-state index contributed by atoms with van der Waals surface area (Å²) in [6.07, 6.45) is 10.6. The van der Waals surface area contributed by atoms with Gasteiger partial charge in [0.25, 0.3) is 0 Å². The topological polar surface area (TPSA) is 51.1 Å². The smallest absolute Gasteiger partial charge is 0.137 e. The van der Waals surface area contributed by atoms with Crippen molar-refractivity contribution in [3.63, 3.8) is 0 Å². The van der Waals surface area contributed by atoms with E-state index in [-0.39, 0.29) is 0 Å². The Bertz CT molecular complexity index is 944. The van der Waals surface area contributed by atoms with Gasteiger partial charge in [-0.15, -0.1) is 0 Å². The molecule has 0 N–H and O–H groups in total. The van der Waals surface area contributed by atoms with Crippen LogP contribution in [0.3, 0.4) is 0 Å². The van der Waals surface area contributed by atoms with E-state index in [0.29, 0.717) is 6.10 Å². The van der Waals surface area contributed by atoms with Gasteiger partial charge < -0.3 is 9.64 Å². The third-order valence-electron chi connectivity index (χ3n) is 5.04. The maximum atomic E-state index is 6.15. The summed E-state index contributed by atoms with van der Waals surface area (Å²) in [7, 11) is 0. The Morgan fingerprint density at radius 3 is 2.70 bits per heavy atom. The van der Waals surface area contributed by atoms with E-state index >= 15 is 0 Å². The average molecular weight is 376 g/mol. The predicted molar refractivity (Wildman–Crippen MR) is 107 cm³/mol. The lowest BCUT2D eigenvalue weighted by Gasteiger charge is -2.19. The largest absolute Gasteiger partial charge is 0.490 e. The van der Waals surface area contributed by atoms with Gasteiger partial charge in [-0.1, -0.05) is 11.8 Å². The van der Waals surface area contributed by atoms with Crippen molar-refractivity contribution in [2.24, 2.45) is 0 Å². The van der Waals surface area contributed by atoms with Crippen molar-refractivity contribution in [2.45, 2.75) is 36.8 Å². The zero-order valence-corrected chi connectivity index (χ0v) is 15.7. The normalized spacial score (nSPS) is 16.5. The quantitative estimate of drug-likeness (QED) is 0.634. The number of hydrogen-bond acceptors (Lipinski definition) is 6. The summed E-state index contributed by atoms with van der Waals surface area (Å²) in [5.41, 5.74) is 3.15. The second-order valence-electron chi connectivity index (χ2n) is 6.83. The third kappa shape index (κ3) is 3.37. The van der Waals surface area contributed by atoms with E-state index in [1.54, 1.807) is 24.2 Å². The number of hydrogen-bond donors (Lipinski definition) is 0. The molecule has 27 heavy (non-hydrogen) atoms. The first-order valence-electron chi connectivity index (χ1n) is 9.31. The van der Waals surface area contributed by atoms with Crippen LogP contribution in [0.1, 0.15) is 25.7 Å². The molecule has 6 heteroatoms. The first kappa shape index (κ1) is 16.6. The van der Waals surface area contributed by atoms with Crippen molar-refractivity contribution >= 4 is 23.3 Å². The van der Waals surface area contributed by atoms with Crippen molar-refractivity contribution in [2.75, 3.05) is 10.8 Å². The van der Waals surface area contributed by atoms with Gasteiger partial charge in [0.2, 0.25) is 0 Å². The number of aromatic nitrogens is 3. The standard InChI is InChI=1S/C21H20N4OS/c1-2-4-16(3-1)26-17-9-12-23-20(13-17)25-14-27-21-19(25)6-5-18(24-21)15-7-10-22-11-8-15/h5-13,16H,1-4,14H2. The molecular weight excluding hydrogens is 356 g/mol. The lowest BCUT2D eigenvalue weighted by atomic mass is 10.2. The zero-order chi connectivity index (χ0) is 18.1. The zero-order valence-electron chi connectivity index (χ0n) is 14.9. The van der Waals surface area contributed by atoms with Crippen molar-refractivity contribution in [1.29, 1.82) is 0 Å². The Hall–Kier alpha value is -2.60. The van der Waals surface area contributed by atoms with Crippen LogP contribution >= 0.6 is 11.8 Å². The van der Waals surface area contributed by atoms with Crippen molar-refractivity contribution < 1.29 is 4.74 Å². The molecule has 0 aromatic carbocycles. The first-order valence-corrected chi connectivity index (χ1v) is 10.3. The Kier molecular flexibility index (Phi) is 4.41. The van der Waals surface area contributed by atoms with Gasteiger partial charge in [0.15, 0.2) is 0 Å². The monoisotopic (exact) mass is 376 g/mol. The summed E-state index contributed by atoms with van der Waals surface area (Å²) in [6, 6.07) is 12.2. The Labute approximate surface area is 162 Å². The highest BCUT2D eigenvalue weighted by atomic mass is 32.2. The molecule has 0 atom stereocenters. The van der Waals surface area contributed by atoms with Crippen molar-refractivity contribution in [3.8, 4) is 17.0 Å². The van der Waals surface area contributed by atoms with E-state index < -0.39 is 0 Å². The lowest BCUT2D eigenvalue weighted by molar-refractivity contribution is 0.210. The number of ether oxygens (including phenoxy) is 1. The fourth-order valence-corrected chi connectivity index (χ4v) is 4.64. The van der Waals surface area contributed by atoms with E-state index in [2.05, 4.69) is 27.0 Å². The molecule has 0 saturated heterocycles. The van der Waals surface area contributed by atoms with Crippen LogP contribution < -0.4 is 9.64 Å². The number of nitrogens with zero attached hydrogens (tertiary/aromatic N) is 4. The highest BCUT2D eigenvalue weighted by Gasteiger charge is 2.25. The van der Waals surface area contributed by atoms with Gasteiger partial charge in [-0.3, -0.25) is 4.98 Å². The second-order valence-corrected chi connectivity index (χ2v) is 7.77. The van der Waals surface area contributed by atoms with Crippen LogP contribution in [-0.2, 0) is 0 Å². The molecule has 1 saturated carbocycles. The van der Waals surface area contributed by atoms with E-state index in [1.807, 2.05) is 30.5 Å². The minimum absolute atomic E-state index is 0.352. The van der Waals surface area contributed by atoms with Crippen LogP contribution in [0, 0.1) is 0 Å². The van der Waals surface area contributed by atoms with Gasteiger partial charge in [0.1, 0.15) is 16.6 Å². The van der Waals surface area contributed by atoms with E-state index in [4.69, 9.17) is 9.72 Å². The van der Waals surface area contributed by atoms with E-state index in [1.165, 1.54) is 12.8 Å². The fraction of sp³-hybridized carbons (Fsp3) is 0.286. The van der Waals surface area contributed by atoms with E-state index in [9.17, 15) is 0 Å². The predicted octanol–water partition coefficient (Wildman–Crippen LogP) is 5.06. The summed E-state index contributed by atoms with van der Waals surface area (Å²) in [4.78, 5) is 15.7. The molecule has 3 aromatic heterocycles. The SMILES string of the molecule is c1cc(-c2ccc3c(n2)SCN3c2cc(OC3CCCC3)ccn2)ccn1. The molecule has 0 radical (unpaired) electrons. The molecule has 3 aromatic rings. The van der Waals surface area contributed by atoms with Crippen molar-refractivity contribution in [3.05, 3.63) is 55.0 Å². The lowest BCUT2D eigenvalue weighted by Crippen LogP contribution is -2.15. The molecule has 1 aliphatic carbocycles. The summed E-state index contributed by atoms with van der Waals surface area (Å²) in [6.45, 7) is 0. The molecule has 0 bridgehead atoms. The van der Waals surface area contributed by atoms with Crippen molar-refractivity contribution in [1.82, 2.24) is 15.0 Å². The number of rotatable bonds is 4. The number of thioether (sulfide) groups is 1. The van der Waals surface area contributed by atoms with Crippen LogP contribution in [0.15, 0.2) is 60.0 Å². The molecule has 4 heterocycles. The van der Waals surface area contributed by atoms with Crippen LogP contribution in [0.25, 0.3) is 11.3 Å². The molecule has 0 spiro atoms. The molecular formula is C21H20N4OS. The summed E-state index contributed by atoms with van der Waals surface area (Å²) >= 11 is 1.74. The number of fused-ring (bicyclic) bond motifs is 1. The van der Waals surface area contributed by atoms with E-state index in [0.717, 1.165) is 52.3 Å². The minimum Gasteiger partial charge on any atom is -0.490 e. The molecule has 5 rings (SSSR count). The van der Waals surface area contributed by atoms with Gasteiger partial charge >= 0.3 is 0 Å². The first-order chi connectivity index (χ1) is 13.4. The maximum absolute atomic E-state index is 6.15. The number of pyridine rings is 3. The second kappa shape index (κ2) is 7.19. The molecule has 5 nitrogen and oxygen atoms in total. The average Bonchev–Trinajstić information content (AvgIpc) is 3.38. The minimum atomic E-state index is 0.352. The Morgan fingerprint density at radius 2 is 1.85 bits per heavy atom. The molecule has 136 valence electrons. The molecule has 0 unspecified atom stereocenters. The Morgan fingerprint density at radius 1 is 1.00 bits per heavy atom.